The molecule has 0 spiro atoms. The molecule has 0 aliphatic carbocycles. The highest BCUT2D eigenvalue weighted by molar-refractivity contribution is 5.91. The van der Waals surface area contributed by atoms with E-state index >= 15 is 0 Å². The zero-order valence-corrected chi connectivity index (χ0v) is 12.8. The van der Waals surface area contributed by atoms with E-state index in [1.165, 1.54) is 11.1 Å². The predicted molar refractivity (Wildman–Crippen MR) is 81.3 cm³/mol. The molecular weight excluding hydrogens is 235 g/mol. The van der Waals surface area contributed by atoms with E-state index in [9.17, 15) is 4.39 Å². The van der Waals surface area contributed by atoms with E-state index in [2.05, 4.69) is 47.6 Å². The fraction of sp³-hybridized carbons (Fsp3) is 0.444. The molecule has 0 saturated heterocycles. The molecule has 19 heavy (non-hydrogen) atoms. The van der Waals surface area contributed by atoms with Gasteiger partial charge in [-0.3, -0.25) is 0 Å². The lowest BCUT2D eigenvalue weighted by atomic mass is 9.77. The van der Waals surface area contributed by atoms with E-state index in [4.69, 9.17) is 0 Å². The van der Waals surface area contributed by atoms with E-state index in [-0.39, 0.29) is 16.6 Å². The number of rotatable bonds is 0. The molecule has 0 heterocycles. The summed E-state index contributed by atoms with van der Waals surface area (Å²) in [7, 11) is 0. The van der Waals surface area contributed by atoms with Crippen LogP contribution in [0.4, 0.5) is 4.39 Å². The van der Waals surface area contributed by atoms with Crippen molar-refractivity contribution in [3.05, 3.63) is 47.3 Å². The Labute approximate surface area is 115 Å². The summed E-state index contributed by atoms with van der Waals surface area (Å²) in [6, 6.07) is 9.49. The summed E-state index contributed by atoms with van der Waals surface area (Å²) in [6.07, 6.45) is 0. The van der Waals surface area contributed by atoms with Gasteiger partial charge in [-0.15, -0.1) is 0 Å². The van der Waals surface area contributed by atoms with Gasteiger partial charge in [-0.25, -0.2) is 4.39 Å². The normalized spacial score (nSPS) is 13.0. The van der Waals surface area contributed by atoms with Crippen LogP contribution >= 0.6 is 0 Å². The van der Waals surface area contributed by atoms with Gasteiger partial charge in [0.2, 0.25) is 0 Å². The van der Waals surface area contributed by atoms with Crippen molar-refractivity contribution in [1.29, 1.82) is 0 Å². The zero-order valence-electron chi connectivity index (χ0n) is 12.8. The highest BCUT2D eigenvalue weighted by Gasteiger charge is 2.24. The monoisotopic (exact) mass is 258 g/mol. The summed E-state index contributed by atoms with van der Waals surface area (Å²) in [4.78, 5) is 0. The van der Waals surface area contributed by atoms with Gasteiger partial charge in [0.15, 0.2) is 0 Å². The van der Waals surface area contributed by atoms with Crippen LogP contribution in [0.2, 0.25) is 0 Å². The zero-order chi connectivity index (χ0) is 14.4. The fourth-order valence-electron chi connectivity index (χ4n) is 2.62. The maximum atomic E-state index is 14.1. The predicted octanol–water partition coefficient (Wildman–Crippen LogP) is 5.57. The Kier molecular flexibility index (Phi) is 3.20. The smallest absolute Gasteiger partial charge is 0.131 e. The van der Waals surface area contributed by atoms with Crippen molar-refractivity contribution >= 4 is 10.8 Å². The topological polar surface area (TPSA) is 0 Å². The molecule has 0 amide bonds. The average Bonchev–Trinajstić information content (AvgIpc) is 2.26. The second-order valence-electron chi connectivity index (χ2n) is 7.32. The number of fused-ring (bicyclic) bond motifs is 1. The lowest BCUT2D eigenvalue weighted by molar-refractivity contribution is 0.577. The molecule has 0 fully saturated rings. The van der Waals surface area contributed by atoms with Crippen molar-refractivity contribution in [3.8, 4) is 0 Å². The molecule has 0 aliphatic heterocycles. The van der Waals surface area contributed by atoms with Crippen molar-refractivity contribution in [2.24, 2.45) is 0 Å². The van der Waals surface area contributed by atoms with Crippen LogP contribution in [-0.4, -0.2) is 0 Å². The van der Waals surface area contributed by atoms with Crippen LogP contribution in [-0.2, 0) is 10.8 Å². The Balaban J connectivity index is 2.97. The fourth-order valence-corrected chi connectivity index (χ4v) is 2.62. The maximum absolute atomic E-state index is 14.1. The van der Waals surface area contributed by atoms with E-state index in [1.807, 2.05) is 18.2 Å². The summed E-state index contributed by atoms with van der Waals surface area (Å²) in [5, 5.41) is 1.82. The Morgan fingerprint density at radius 2 is 1.26 bits per heavy atom. The van der Waals surface area contributed by atoms with Crippen LogP contribution in [0.15, 0.2) is 30.3 Å². The van der Waals surface area contributed by atoms with E-state index in [1.54, 1.807) is 6.07 Å². The molecule has 102 valence electrons. The minimum Gasteiger partial charge on any atom is -0.206 e. The quantitative estimate of drug-likeness (QED) is 0.579. The van der Waals surface area contributed by atoms with Gasteiger partial charge in [-0.05, 0) is 33.4 Å². The van der Waals surface area contributed by atoms with Crippen LogP contribution in [0, 0.1) is 5.82 Å². The molecule has 1 heteroatoms. The first-order valence-corrected chi connectivity index (χ1v) is 6.84. The number of benzene rings is 2. The van der Waals surface area contributed by atoms with E-state index in [0.29, 0.717) is 0 Å². The minimum atomic E-state index is -0.130. The van der Waals surface area contributed by atoms with Gasteiger partial charge in [0.25, 0.3) is 0 Å². The Hall–Kier alpha value is -1.37. The lowest BCUT2D eigenvalue weighted by Crippen LogP contribution is -2.17. The van der Waals surface area contributed by atoms with Crippen molar-refractivity contribution in [2.45, 2.75) is 52.4 Å². The van der Waals surface area contributed by atoms with Crippen LogP contribution < -0.4 is 0 Å². The van der Waals surface area contributed by atoms with Crippen LogP contribution in [0.25, 0.3) is 10.8 Å². The molecule has 0 aliphatic rings. The largest absolute Gasteiger partial charge is 0.206 e. The van der Waals surface area contributed by atoms with Crippen LogP contribution in [0.5, 0.6) is 0 Å². The third-order valence-corrected chi connectivity index (χ3v) is 3.60. The average molecular weight is 258 g/mol. The summed E-state index contributed by atoms with van der Waals surface area (Å²) >= 11 is 0. The highest BCUT2D eigenvalue weighted by Crippen LogP contribution is 2.38. The SMILES string of the molecule is CC(C)(C)c1cccc2c(F)ccc(C(C)(C)C)c12. The Morgan fingerprint density at radius 3 is 1.79 bits per heavy atom. The lowest BCUT2D eigenvalue weighted by Gasteiger charge is -2.28. The first-order chi connectivity index (χ1) is 8.62. The third kappa shape index (κ3) is 2.51. The summed E-state index contributed by atoms with van der Waals surface area (Å²) in [5.74, 6) is -0.130. The second-order valence-corrected chi connectivity index (χ2v) is 7.32. The minimum absolute atomic E-state index is 0.00725. The van der Waals surface area contributed by atoms with Gasteiger partial charge in [0, 0.05) is 5.39 Å². The van der Waals surface area contributed by atoms with Crippen LogP contribution in [0.3, 0.4) is 0 Å². The van der Waals surface area contributed by atoms with Crippen molar-refractivity contribution in [1.82, 2.24) is 0 Å². The second kappa shape index (κ2) is 4.33. The molecule has 0 atom stereocenters. The third-order valence-electron chi connectivity index (χ3n) is 3.60. The Bertz CT molecular complexity index is 590. The molecule has 0 N–H and O–H groups in total. The molecule has 0 unspecified atom stereocenters. The standard InChI is InChI=1S/C18H23F/c1-17(2,3)13-9-7-8-12-15(19)11-10-14(16(12)13)18(4,5)6/h7-11H,1-6H3. The van der Waals surface area contributed by atoms with Crippen molar-refractivity contribution in [3.63, 3.8) is 0 Å². The molecule has 0 nitrogen and oxygen atoms in total. The van der Waals surface area contributed by atoms with Gasteiger partial charge >= 0.3 is 0 Å². The van der Waals surface area contributed by atoms with Gasteiger partial charge in [-0.2, -0.15) is 0 Å². The summed E-state index contributed by atoms with van der Waals surface area (Å²) in [5.41, 5.74) is 2.45. The van der Waals surface area contributed by atoms with Gasteiger partial charge < -0.3 is 0 Å². The molecule has 2 aromatic rings. The van der Waals surface area contributed by atoms with E-state index < -0.39 is 0 Å². The molecular formula is C18H23F. The van der Waals surface area contributed by atoms with E-state index in [0.717, 1.165) is 10.8 Å². The molecule has 0 bridgehead atoms. The van der Waals surface area contributed by atoms with Crippen molar-refractivity contribution in [2.75, 3.05) is 0 Å². The first kappa shape index (κ1) is 14.0. The van der Waals surface area contributed by atoms with Crippen molar-refractivity contribution < 1.29 is 4.39 Å². The summed E-state index contributed by atoms with van der Waals surface area (Å²) in [6.45, 7) is 13.1. The number of hydrogen-bond donors (Lipinski definition) is 0. The number of halogens is 1. The molecule has 0 aromatic heterocycles. The van der Waals surface area contributed by atoms with Crippen LogP contribution in [0.1, 0.15) is 52.7 Å². The highest BCUT2D eigenvalue weighted by atomic mass is 19.1. The summed E-state index contributed by atoms with van der Waals surface area (Å²) < 4.78 is 14.1. The first-order valence-electron chi connectivity index (χ1n) is 6.84. The molecule has 2 aromatic carbocycles. The maximum Gasteiger partial charge on any atom is 0.131 e. The van der Waals surface area contributed by atoms with Gasteiger partial charge in [0.05, 0.1) is 0 Å². The van der Waals surface area contributed by atoms with Gasteiger partial charge in [-0.1, -0.05) is 65.8 Å². The van der Waals surface area contributed by atoms with Gasteiger partial charge in [0.1, 0.15) is 5.82 Å². The molecule has 0 saturated carbocycles. The molecule has 2 rings (SSSR count). The number of hydrogen-bond acceptors (Lipinski definition) is 0. The molecule has 0 radical (unpaired) electrons. The Morgan fingerprint density at radius 1 is 0.737 bits per heavy atom.